The van der Waals surface area contributed by atoms with Crippen molar-refractivity contribution in [3.05, 3.63) is 69.4 Å². The van der Waals surface area contributed by atoms with Crippen molar-refractivity contribution in [1.82, 2.24) is 4.90 Å². The summed E-state index contributed by atoms with van der Waals surface area (Å²) in [6.07, 6.45) is 11.9. The zero-order valence-electron chi connectivity index (χ0n) is 20.6. The van der Waals surface area contributed by atoms with E-state index in [0.29, 0.717) is 13.0 Å². The minimum Gasteiger partial charge on any atom is -0.748 e. The fourth-order valence-electron chi connectivity index (χ4n) is 4.48. The average Bonchev–Trinajstić information content (AvgIpc) is 3.33. The molecular weight excluding hydrogens is 500 g/mol. The third kappa shape index (κ3) is 6.02. The smallest absolute Gasteiger partial charge is 0.263 e. The second-order valence-corrected chi connectivity index (χ2v) is 12.5. The summed E-state index contributed by atoms with van der Waals surface area (Å²) in [6, 6.07) is 6.65. The third-order valence-electron chi connectivity index (χ3n) is 6.28. The molecule has 0 radical (unpaired) electrons. The van der Waals surface area contributed by atoms with Crippen molar-refractivity contribution in [1.29, 1.82) is 0 Å². The SMILES string of the molecule is CCC(=Cc1sc2ccc(C)cc2[n+]1CC)C=C1SC2C=CC(OC)=CC2N1CCCS(=O)(=O)[O-]. The molecule has 2 aliphatic rings. The predicted molar refractivity (Wildman–Crippen MR) is 144 cm³/mol. The van der Waals surface area contributed by atoms with Gasteiger partial charge in [-0.2, -0.15) is 4.57 Å². The van der Waals surface area contributed by atoms with Crippen molar-refractivity contribution in [3.63, 3.8) is 0 Å². The number of rotatable bonds is 9. The third-order valence-corrected chi connectivity index (χ3v) is 9.48. The van der Waals surface area contributed by atoms with Crippen LogP contribution >= 0.6 is 23.1 Å². The molecule has 1 aliphatic heterocycles. The molecule has 1 saturated heterocycles. The average molecular weight is 533 g/mol. The minimum absolute atomic E-state index is 0.0616. The van der Waals surface area contributed by atoms with E-state index >= 15 is 0 Å². The number of allylic oxidation sites excluding steroid dienone is 3. The summed E-state index contributed by atoms with van der Waals surface area (Å²) in [7, 11) is -2.59. The highest BCUT2D eigenvalue weighted by atomic mass is 32.2. The molecule has 9 heteroatoms. The van der Waals surface area contributed by atoms with Crippen molar-refractivity contribution in [2.45, 2.75) is 51.4 Å². The quantitative estimate of drug-likeness (QED) is 0.335. The molecule has 4 rings (SSSR count). The van der Waals surface area contributed by atoms with Crippen LogP contribution in [0, 0.1) is 6.92 Å². The Hall–Kier alpha value is -2.07. The van der Waals surface area contributed by atoms with Gasteiger partial charge in [-0.3, -0.25) is 0 Å². The van der Waals surface area contributed by atoms with Gasteiger partial charge >= 0.3 is 0 Å². The van der Waals surface area contributed by atoms with E-state index in [1.165, 1.54) is 26.4 Å². The van der Waals surface area contributed by atoms with Crippen LogP contribution in [0.2, 0.25) is 0 Å². The van der Waals surface area contributed by atoms with E-state index in [0.717, 1.165) is 23.8 Å². The van der Waals surface area contributed by atoms with E-state index in [9.17, 15) is 13.0 Å². The second-order valence-electron chi connectivity index (χ2n) is 8.73. The number of thioether (sulfide) groups is 1. The van der Waals surface area contributed by atoms with E-state index in [4.69, 9.17) is 4.74 Å². The van der Waals surface area contributed by atoms with E-state index in [-0.39, 0.29) is 17.0 Å². The molecule has 0 amide bonds. The van der Waals surface area contributed by atoms with Crippen LogP contribution in [0.5, 0.6) is 0 Å². The Morgan fingerprint density at radius 3 is 2.80 bits per heavy atom. The molecule has 2 heterocycles. The lowest BCUT2D eigenvalue weighted by Gasteiger charge is -2.28. The van der Waals surface area contributed by atoms with Gasteiger partial charge in [-0.05, 0) is 62.1 Å². The molecule has 188 valence electrons. The molecule has 0 N–H and O–H groups in total. The number of aromatic nitrogens is 1. The molecule has 2 aromatic rings. The van der Waals surface area contributed by atoms with Crippen molar-refractivity contribution < 1.29 is 22.3 Å². The standard InChI is InChI=1S/C26H32N2O4S3/c1-5-19(15-25-27(6-2)21-14-18(3)8-10-23(21)33-25)16-26-28(12-7-13-35(29,30)31)22-17-20(32-4)9-11-24(22)34-26/h8-11,14-17,22,24H,5-7,12-13H2,1-4H3. The lowest BCUT2D eigenvalue weighted by Crippen LogP contribution is -2.35. The van der Waals surface area contributed by atoms with Crippen LogP contribution in [0.15, 0.2) is 58.9 Å². The molecule has 35 heavy (non-hydrogen) atoms. The summed E-state index contributed by atoms with van der Waals surface area (Å²) >= 11 is 3.57. The van der Waals surface area contributed by atoms with Gasteiger partial charge in [0.1, 0.15) is 17.0 Å². The summed E-state index contributed by atoms with van der Waals surface area (Å²) in [6.45, 7) is 7.84. The van der Waals surface area contributed by atoms with Crippen LogP contribution in [-0.2, 0) is 21.4 Å². The van der Waals surface area contributed by atoms with Gasteiger partial charge in [0.15, 0.2) is 0 Å². The van der Waals surface area contributed by atoms with Gasteiger partial charge in [-0.25, -0.2) is 8.42 Å². The van der Waals surface area contributed by atoms with Crippen LogP contribution < -0.4 is 4.57 Å². The van der Waals surface area contributed by atoms with Gasteiger partial charge in [0.05, 0.1) is 33.5 Å². The first-order valence-electron chi connectivity index (χ1n) is 11.9. The molecule has 0 saturated carbocycles. The second kappa shape index (κ2) is 10.9. The fourth-order valence-corrected chi connectivity index (χ4v) is 7.52. The Kier molecular flexibility index (Phi) is 8.10. The number of nitrogens with zero attached hydrogens (tertiary/aromatic N) is 2. The summed E-state index contributed by atoms with van der Waals surface area (Å²) < 4.78 is 42.7. The number of aryl methyl sites for hydroxylation is 2. The Morgan fingerprint density at radius 2 is 2.11 bits per heavy atom. The number of thiazole rings is 1. The lowest BCUT2D eigenvalue weighted by atomic mass is 10.1. The molecule has 6 nitrogen and oxygen atoms in total. The van der Waals surface area contributed by atoms with Crippen LogP contribution in [0.1, 0.15) is 37.3 Å². The number of hydrogen-bond donors (Lipinski definition) is 0. The summed E-state index contributed by atoms with van der Waals surface area (Å²) in [5.74, 6) is 0.439. The highest BCUT2D eigenvalue weighted by Gasteiger charge is 2.37. The van der Waals surface area contributed by atoms with E-state index in [1.807, 2.05) is 6.08 Å². The Bertz CT molecular complexity index is 1320. The molecule has 2 unspecified atom stereocenters. The maximum atomic E-state index is 11.2. The number of fused-ring (bicyclic) bond motifs is 2. The largest absolute Gasteiger partial charge is 0.748 e. The molecule has 1 aliphatic carbocycles. The molecular formula is C26H32N2O4S3. The van der Waals surface area contributed by atoms with Crippen LogP contribution in [-0.4, -0.2) is 48.6 Å². The first kappa shape index (κ1) is 26.0. The van der Waals surface area contributed by atoms with Crippen molar-refractivity contribution in [3.8, 4) is 0 Å². The minimum atomic E-state index is -4.24. The Morgan fingerprint density at radius 1 is 1.31 bits per heavy atom. The van der Waals surface area contributed by atoms with Crippen LogP contribution in [0.3, 0.4) is 0 Å². The molecule has 1 aromatic heterocycles. The van der Waals surface area contributed by atoms with Crippen LogP contribution in [0.25, 0.3) is 16.3 Å². The van der Waals surface area contributed by atoms with Gasteiger partial charge in [-0.1, -0.05) is 42.2 Å². The zero-order valence-corrected chi connectivity index (χ0v) is 23.0. The van der Waals surface area contributed by atoms with Gasteiger partial charge in [0.2, 0.25) is 5.52 Å². The lowest BCUT2D eigenvalue weighted by molar-refractivity contribution is -0.665. The normalized spacial score (nSPS) is 21.6. The maximum Gasteiger partial charge on any atom is 0.263 e. The number of ether oxygens (including phenoxy) is 1. The fraction of sp³-hybridized carbons (Fsp3) is 0.423. The van der Waals surface area contributed by atoms with Crippen molar-refractivity contribution in [2.75, 3.05) is 19.4 Å². The Labute approximate surface area is 216 Å². The van der Waals surface area contributed by atoms with Crippen molar-refractivity contribution in [2.24, 2.45) is 0 Å². The molecule has 1 aromatic carbocycles. The highest BCUT2D eigenvalue weighted by molar-refractivity contribution is 8.04. The zero-order chi connectivity index (χ0) is 25.2. The highest BCUT2D eigenvalue weighted by Crippen LogP contribution is 2.43. The number of benzene rings is 1. The van der Waals surface area contributed by atoms with Gasteiger partial charge in [-0.15, -0.1) is 0 Å². The monoisotopic (exact) mass is 532 g/mol. The van der Waals surface area contributed by atoms with Crippen molar-refractivity contribution >= 4 is 49.5 Å². The number of hydrogen-bond acceptors (Lipinski definition) is 7. The van der Waals surface area contributed by atoms with E-state index in [1.54, 1.807) is 30.2 Å². The van der Waals surface area contributed by atoms with Gasteiger partial charge in [0.25, 0.3) is 5.01 Å². The van der Waals surface area contributed by atoms with E-state index < -0.39 is 10.1 Å². The molecule has 1 fully saturated rings. The maximum absolute atomic E-state index is 11.2. The first-order chi connectivity index (χ1) is 16.7. The Balaban J connectivity index is 1.69. The summed E-state index contributed by atoms with van der Waals surface area (Å²) in [5.41, 5.74) is 3.72. The predicted octanol–water partition coefficient (Wildman–Crippen LogP) is 4.97. The summed E-state index contributed by atoms with van der Waals surface area (Å²) in [4.78, 5) is 2.22. The molecule has 2 atom stereocenters. The molecule has 0 bridgehead atoms. The van der Waals surface area contributed by atoms with Gasteiger partial charge in [0, 0.05) is 24.4 Å². The van der Waals surface area contributed by atoms with Gasteiger partial charge < -0.3 is 14.2 Å². The van der Waals surface area contributed by atoms with Crippen LogP contribution in [0.4, 0.5) is 0 Å². The summed E-state index contributed by atoms with van der Waals surface area (Å²) in [5, 5.41) is 2.53. The topological polar surface area (TPSA) is 73.5 Å². The first-order valence-corrected chi connectivity index (χ1v) is 15.2. The number of methoxy groups -OCH3 is 1. The van der Waals surface area contributed by atoms with E-state index in [2.05, 4.69) is 72.7 Å². The molecule has 0 spiro atoms.